The summed E-state index contributed by atoms with van der Waals surface area (Å²) in [6.07, 6.45) is 2.80. The standard InChI is InChI=1S/C24H29N5O/c30-24(26-23-12-13-25-29(23)19-22-10-5-2-6-11-22)20-28-15-7-14-27(16-17-28)18-21-8-3-1-4-9-21/h1-6,8-13H,7,14-20H2,(H,26,30). The molecule has 0 bridgehead atoms. The average molecular weight is 404 g/mol. The Bertz CT molecular complexity index is 925. The first-order valence-electron chi connectivity index (χ1n) is 10.6. The molecule has 6 heteroatoms. The molecule has 2 heterocycles. The van der Waals surface area contributed by atoms with Crippen molar-refractivity contribution in [1.29, 1.82) is 0 Å². The van der Waals surface area contributed by atoms with E-state index in [4.69, 9.17) is 0 Å². The molecule has 4 rings (SSSR count). The van der Waals surface area contributed by atoms with Crippen molar-refractivity contribution in [3.05, 3.63) is 84.1 Å². The van der Waals surface area contributed by atoms with Gasteiger partial charge in [-0.1, -0.05) is 60.7 Å². The molecule has 2 aromatic carbocycles. The van der Waals surface area contributed by atoms with Crippen LogP contribution >= 0.6 is 0 Å². The summed E-state index contributed by atoms with van der Waals surface area (Å²) < 4.78 is 1.83. The Morgan fingerprint density at radius 3 is 2.17 bits per heavy atom. The number of carbonyl (C=O) groups excluding carboxylic acids is 1. The molecule has 156 valence electrons. The number of anilines is 1. The molecule has 1 N–H and O–H groups in total. The Balaban J connectivity index is 1.27. The Kier molecular flexibility index (Phi) is 6.90. The van der Waals surface area contributed by atoms with Crippen LogP contribution in [0.25, 0.3) is 0 Å². The number of nitrogens with one attached hydrogen (secondary N) is 1. The molecule has 0 unspecified atom stereocenters. The second kappa shape index (κ2) is 10.2. The maximum Gasteiger partial charge on any atom is 0.239 e. The number of aromatic nitrogens is 2. The van der Waals surface area contributed by atoms with Crippen LogP contribution in [0, 0.1) is 0 Å². The van der Waals surface area contributed by atoms with Gasteiger partial charge in [0.1, 0.15) is 5.82 Å². The van der Waals surface area contributed by atoms with E-state index >= 15 is 0 Å². The molecule has 6 nitrogen and oxygen atoms in total. The van der Waals surface area contributed by atoms with E-state index in [0.717, 1.165) is 50.5 Å². The van der Waals surface area contributed by atoms with Gasteiger partial charge in [-0.3, -0.25) is 14.6 Å². The van der Waals surface area contributed by atoms with Gasteiger partial charge in [0, 0.05) is 25.7 Å². The first-order valence-corrected chi connectivity index (χ1v) is 10.6. The van der Waals surface area contributed by atoms with E-state index in [9.17, 15) is 4.79 Å². The van der Waals surface area contributed by atoms with Crippen molar-refractivity contribution in [2.45, 2.75) is 19.5 Å². The summed E-state index contributed by atoms with van der Waals surface area (Å²) in [6, 6.07) is 22.6. The number of benzene rings is 2. The van der Waals surface area contributed by atoms with E-state index in [1.807, 2.05) is 28.9 Å². The lowest BCUT2D eigenvalue weighted by molar-refractivity contribution is -0.117. The number of hydrogen-bond donors (Lipinski definition) is 1. The molecule has 0 spiro atoms. The van der Waals surface area contributed by atoms with Gasteiger partial charge >= 0.3 is 0 Å². The SMILES string of the molecule is O=C(CN1CCCN(Cc2ccccc2)CC1)Nc1ccnn1Cc1ccccc1. The summed E-state index contributed by atoms with van der Waals surface area (Å²) in [5.41, 5.74) is 2.50. The number of rotatable bonds is 7. The van der Waals surface area contributed by atoms with Gasteiger partial charge in [0.2, 0.25) is 5.91 Å². The first-order chi connectivity index (χ1) is 14.8. The third-order valence-corrected chi connectivity index (χ3v) is 5.46. The highest BCUT2D eigenvalue weighted by Gasteiger charge is 2.18. The zero-order valence-electron chi connectivity index (χ0n) is 17.3. The number of amides is 1. The van der Waals surface area contributed by atoms with E-state index in [1.165, 1.54) is 5.56 Å². The van der Waals surface area contributed by atoms with Crippen molar-refractivity contribution < 1.29 is 4.79 Å². The average Bonchev–Trinajstić information content (AvgIpc) is 3.07. The fourth-order valence-electron chi connectivity index (χ4n) is 3.89. The van der Waals surface area contributed by atoms with Gasteiger partial charge in [-0.25, -0.2) is 4.68 Å². The van der Waals surface area contributed by atoms with Gasteiger partial charge in [-0.15, -0.1) is 0 Å². The molecule has 1 aromatic heterocycles. The van der Waals surface area contributed by atoms with Crippen molar-refractivity contribution in [2.24, 2.45) is 0 Å². The van der Waals surface area contributed by atoms with Gasteiger partial charge in [0.15, 0.2) is 0 Å². The third kappa shape index (κ3) is 5.78. The fraction of sp³-hybridized carbons (Fsp3) is 0.333. The Hall–Kier alpha value is -2.96. The van der Waals surface area contributed by atoms with Crippen LogP contribution in [-0.2, 0) is 17.9 Å². The molecular formula is C24H29N5O. The lowest BCUT2D eigenvalue weighted by atomic mass is 10.2. The maximum atomic E-state index is 12.7. The Morgan fingerprint density at radius 1 is 0.800 bits per heavy atom. The monoisotopic (exact) mass is 403 g/mol. The Morgan fingerprint density at radius 2 is 1.43 bits per heavy atom. The molecule has 30 heavy (non-hydrogen) atoms. The molecule has 0 radical (unpaired) electrons. The van der Waals surface area contributed by atoms with Crippen LogP contribution in [-0.4, -0.2) is 58.2 Å². The van der Waals surface area contributed by atoms with Crippen LogP contribution in [0.4, 0.5) is 5.82 Å². The van der Waals surface area contributed by atoms with Crippen molar-refractivity contribution >= 4 is 11.7 Å². The first kappa shape index (κ1) is 20.3. The van der Waals surface area contributed by atoms with Crippen LogP contribution in [0.15, 0.2) is 72.9 Å². The topological polar surface area (TPSA) is 53.4 Å². The highest BCUT2D eigenvalue weighted by molar-refractivity contribution is 5.91. The minimum Gasteiger partial charge on any atom is -0.310 e. The molecule has 0 atom stereocenters. The van der Waals surface area contributed by atoms with E-state index in [0.29, 0.717) is 13.1 Å². The van der Waals surface area contributed by atoms with Gasteiger partial charge in [-0.2, -0.15) is 5.10 Å². The lowest BCUT2D eigenvalue weighted by Crippen LogP contribution is -2.36. The van der Waals surface area contributed by atoms with Crippen LogP contribution in [0.2, 0.25) is 0 Å². The largest absolute Gasteiger partial charge is 0.310 e. The third-order valence-electron chi connectivity index (χ3n) is 5.46. The van der Waals surface area contributed by atoms with E-state index in [2.05, 4.69) is 62.7 Å². The van der Waals surface area contributed by atoms with Crippen LogP contribution < -0.4 is 5.32 Å². The summed E-state index contributed by atoms with van der Waals surface area (Å²) >= 11 is 0. The Labute approximate surface area is 178 Å². The van der Waals surface area contributed by atoms with Crippen molar-refractivity contribution in [1.82, 2.24) is 19.6 Å². The zero-order valence-corrected chi connectivity index (χ0v) is 17.3. The predicted molar refractivity (Wildman–Crippen MR) is 119 cm³/mol. The van der Waals surface area contributed by atoms with Crippen molar-refractivity contribution in [3.8, 4) is 0 Å². The van der Waals surface area contributed by atoms with Crippen molar-refractivity contribution in [2.75, 3.05) is 38.0 Å². The summed E-state index contributed by atoms with van der Waals surface area (Å²) in [5.74, 6) is 0.755. The van der Waals surface area contributed by atoms with E-state index in [1.54, 1.807) is 6.20 Å². The zero-order chi connectivity index (χ0) is 20.6. The normalized spacial score (nSPS) is 15.6. The van der Waals surface area contributed by atoms with Gasteiger partial charge in [-0.05, 0) is 30.6 Å². The molecule has 1 saturated heterocycles. The fourth-order valence-corrected chi connectivity index (χ4v) is 3.89. The molecule has 1 amide bonds. The molecule has 3 aromatic rings. The van der Waals surface area contributed by atoms with Crippen LogP contribution in [0.3, 0.4) is 0 Å². The number of hydrogen-bond acceptors (Lipinski definition) is 4. The highest BCUT2D eigenvalue weighted by atomic mass is 16.2. The minimum atomic E-state index is 0.0151. The number of nitrogens with zero attached hydrogens (tertiary/aromatic N) is 4. The molecule has 1 aliphatic heterocycles. The summed E-state index contributed by atoms with van der Waals surface area (Å²) in [6.45, 7) is 5.92. The lowest BCUT2D eigenvalue weighted by Gasteiger charge is -2.21. The maximum absolute atomic E-state index is 12.7. The van der Waals surface area contributed by atoms with Crippen LogP contribution in [0.5, 0.6) is 0 Å². The van der Waals surface area contributed by atoms with E-state index < -0.39 is 0 Å². The second-order valence-electron chi connectivity index (χ2n) is 7.80. The minimum absolute atomic E-state index is 0.0151. The van der Waals surface area contributed by atoms with Gasteiger partial charge in [0.25, 0.3) is 0 Å². The van der Waals surface area contributed by atoms with E-state index in [-0.39, 0.29) is 5.91 Å². The molecule has 1 aliphatic rings. The molecule has 0 saturated carbocycles. The second-order valence-corrected chi connectivity index (χ2v) is 7.80. The summed E-state index contributed by atoms with van der Waals surface area (Å²) in [5, 5.41) is 7.39. The summed E-state index contributed by atoms with van der Waals surface area (Å²) in [4.78, 5) is 17.4. The van der Waals surface area contributed by atoms with Crippen molar-refractivity contribution in [3.63, 3.8) is 0 Å². The smallest absolute Gasteiger partial charge is 0.239 e. The van der Waals surface area contributed by atoms with Gasteiger partial charge in [0.05, 0.1) is 19.3 Å². The van der Waals surface area contributed by atoms with Crippen LogP contribution in [0.1, 0.15) is 17.5 Å². The predicted octanol–water partition coefficient (Wildman–Crippen LogP) is 3.08. The van der Waals surface area contributed by atoms with Gasteiger partial charge < -0.3 is 5.32 Å². The quantitative estimate of drug-likeness (QED) is 0.659. The summed E-state index contributed by atoms with van der Waals surface area (Å²) in [7, 11) is 0. The molecular weight excluding hydrogens is 374 g/mol. The molecule has 0 aliphatic carbocycles. The highest BCUT2D eigenvalue weighted by Crippen LogP contribution is 2.12. The molecule has 1 fully saturated rings. The number of carbonyl (C=O) groups is 1.